The molecule has 1 heterocycles. The van der Waals surface area contributed by atoms with E-state index in [1.807, 2.05) is 6.92 Å². The van der Waals surface area contributed by atoms with Crippen molar-refractivity contribution in [1.82, 2.24) is 5.32 Å². The summed E-state index contributed by atoms with van der Waals surface area (Å²) in [6, 6.07) is 0.190. The second-order valence-electron chi connectivity index (χ2n) is 3.56. The van der Waals surface area contributed by atoms with E-state index in [1.165, 1.54) is 0 Å². The molecule has 1 aliphatic rings. The van der Waals surface area contributed by atoms with Gasteiger partial charge in [-0.15, -0.1) is 0 Å². The molecule has 4 heteroatoms. The third kappa shape index (κ3) is 3.32. The first-order chi connectivity index (χ1) is 6.24. The van der Waals surface area contributed by atoms with Crippen LogP contribution in [-0.2, 0) is 9.53 Å². The van der Waals surface area contributed by atoms with E-state index in [4.69, 9.17) is 10.5 Å². The van der Waals surface area contributed by atoms with Gasteiger partial charge in [-0.1, -0.05) is 6.92 Å². The van der Waals surface area contributed by atoms with Crippen molar-refractivity contribution in [2.24, 2.45) is 11.7 Å². The molecule has 0 aromatic rings. The maximum absolute atomic E-state index is 11.4. The van der Waals surface area contributed by atoms with Gasteiger partial charge in [0.15, 0.2) is 0 Å². The van der Waals surface area contributed by atoms with Crippen molar-refractivity contribution >= 4 is 5.91 Å². The quantitative estimate of drug-likeness (QED) is 0.645. The van der Waals surface area contributed by atoms with E-state index in [9.17, 15) is 4.79 Å². The van der Waals surface area contributed by atoms with Gasteiger partial charge in [0, 0.05) is 19.1 Å². The number of ether oxygens (including phenoxy) is 1. The van der Waals surface area contributed by atoms with Crippen LogP contribution in [0.25, 0.3) is 0 Å². The van der Waals surface area contributed by atoms with Crippen LogP contribution in [0.5, 0.6) is 0 Å². The Morgan fingerprint density at radius 1 is 1.77 bits per heavy atom. The molecule has 4 nitrogen and oxygen atoms in total. The number of amides is 1. The molecule has 2 atom stereocenters. The fourth-order valence-corrected chi connectivity index (χ4v) is 1.31. The Labute approximate surface area is 78.8 Å². The zero-order chi connectivity index (χ0) is 9.68. The molecule has 1 amide bonds. The molecule has 3 N–H and O–H groups in total. The molecule has 13 heavy (non-hydrogen) atoms. The first kappa shape index (κ1) is 10.5. The summed E-state index contributed by atoms with van der Waals surface area (Å²) in [5.41, 5.74) is 5.39. The Morgan fingerprint density at radius 3 is 3.08 bits per heavy atom. The number of rotatable bonds is 3. The summed E-state index contributed by atoms with van der Waals surface area (Å²) in [6.45, 7) is 3.69. The van der Waals surface area contributed by atoms with Crippen molar-refractivity contribution in [2.75, 3.05) is 19.8 Å². The average Bonchev–Trinajstić information content (AvgIpc) is 2.18. The van der Waals surface area contributed by atoms with Crippen LogP contribution in [-0.4, -0.2) is 31.7 Å². The summed E-state index contributed by atoms with van der Waals surface area (Å²) in [6.07, 6.45) is 2.05. The van der Waals surface area contributed by atoms with Gasteiger partial charge in [-0.3, -0.25) is 4.79 Å². The summed E-state index contributed by atoms with van der Waals surface area (Å²) in [4.78, 5) is 11.4. The lowest BCUT2D eigenvalue weighted by Gasteiger charge is -2.24. The Balaban J connectivity index is 2.26. The minimum absolute atomic E-state index is 0.0398. The maximum atomic E-state index is 11.4. The molecule has 0 bridgehead atoms. The first-order valence-electron chi connectivity index (χ1n) is 4.82. The summed E-state index contributed by atoms with van der Waals surface area (Å²) in [5, 5.41) is 2.93. The number of hydrogen-bond donors (Lipinski definition) is 2. The highest BCUT2D eigenvalue weighted by atomic mass is 16.5. The minimum atomic E-state index is -0.0954. The SMILES string of the molecule is CC(CN)C(=O)NC1CCCOC1. The predicted octanol–water partition coefficient (Wildman–Crippen LogP) is -0.124. The van der Waals surface area contributed by atoms with E-state index in [-0.39, 0.29) is 17.9 Å². The van der Waals surface area contributed by atoms with E-state index in [0.29, 0.717) is 13.2 Å². The van der Waals surface area contributed by atoms with Crippen molar-refractivity contribution in [2.45, 2.75) is 25.8 Å². The largest absolute Gasteiger partial charge is 0.379 e. The summed E-state index contributed by atoms with van der Waals surface area (Å²) < 4.78 is 5.25. The van der Waals surface area contributed by atoms with Crippen LogP contribution in [0.2, 0.25) is 0 Å². The van der Waals surface area contributed by atoms with Crippen LogP contribution < -0.4 is 11.1 Å². The van der Waals surface area contributed by atoms with Crippen LogP contribution in [0, 0.1) is 5.92 Å². The van der Waals surface area contributed by atoms with Crippen molar-refractivity contribution in [1.29, 1.82) is 0 Å². The smallest absolute Gasteiger partial charge is 0.224 e. The van der Waals surface area contributed by atoms with Crippen molar-refractivity contribution < 1.29 is 9.53 Å². The molecule has 2 unspecified atom stereocenters. The number of carbonyl (C=O) groups excluding carboxylic acids is 1. The molecule has 0 aliphatic carbocycles. The topological polar surface area (TPSA) is 64.4 Å². The standard InChI is InChI=1S/C9H18N2O2/c1-7(5-10)9(12)11-8-3-2-4-13-6-8/h7-8H,2-6,10H2,1H3,(H,11,12). The number of nitrogens with one attached hydrogen (secondary N) is 1. The number of nitrogens with two attached hydrogens (primary N) is 1. The molecule has 0 aromatic carbocycles. The van der Waals surface area contributed by atoms with Gasteiger partial charge >= 0.3 is 0 Å². The van der Waals surface area contributed by atoms with Crippen LogP contribution in [0.4, 0.5) is 0 Å². The van der Waals surface area contributed by atoms with Crippen LogP contribution in [0.3, 0.4) is 0 Å². The predicted molar refractivity (Wildman–Crippen MR) is 50.2 cm³/mol. The summed E-state index contributed by atoms with van der Waals surface area (Å²) >= 11 is 0. The Bertz CT molecular complexity index is 167. The third-order valence-electron chi connectivity index (χ3n) is 2.31. The molecule has 1 fully saturated rings. The highest BCUT2D eigenvalue weighted by Gasteiger charge is 2.18. The molecule has 1 aliphatic heterocycles. The van der Waals surface area contributed by atoms with Crippen LogP contribution >= 0.6 is 0 Å². The van der Waals surface area contributed by atoms with Gasteiger partial charge in [0.25, 0.3) is 0 Å². The van der Waals surface area contributed by atoms with Gasteiger partial charge in [0.05, 0.1) is 12.6 Å². The fraction of sp³-hybridized carbons (Fsp3) is 0.889. The van der Waals surface area contributed by atoms with Gasteiger partial charge in [-0.2, -0.15) is 0 Å². The van der Waals surface area contributed by atoms with Crippen molar-refractivity contribution in [3.8, 4) is 0 Å². The summed E-state index contributed by atoms with van der Waals surface area (Å²) in [7, 11) is 0. The second kappa shape index (κ2) is 5.19. The molecule has 1 saturated heterocycles. The van der Waals surface area contributed by atoms with Crippen molar-refractivity contribution in [3.05, 3.63) is 0 Å². The molecule has 0 spiro atoms. The first-order valence-corrected chi connectivity index (χ1v) is 4.82. The second-order valence-corrected chi connectivity index (χ2v) is 3.56. The third-order valence-corrected chi connectivity index (χ3v) is 2.31. The van der Waals surface area contributed by atoms with Gasteiger partial charge < -0.3 is 15.8 Å². The fourth-order valence-electron chi connectivity index (χ4n) is 1.31. The van der Waals surface area contributed by atoms with E-state index < -0.39 is 0 Å². The highest BCUT2D eigenvalue weighted by Crippen LogP contribution is 2.06. The Kier molecular flexibility index (Phi) is 4.18. The molecule has 0 saturated carbocycles. The lowest BCUT2D eigenvalue weighted by atomic mass is 10.1. The normalized spacial score (nSPS) is 25.2. The van der Waals surface area contributed by atoms with Gasteiger partial charge in [-0.05, 0) is 12.8 Å². The average molecular weight is 186 g/mol. The zero-order valence-corrected chi connectivity index (χ0v) is 8.08. The minimum Gasteiger partial charge on any atom is -0.379 e. The highest BCUT2D eigenvalue weighted by molar-refractivity contribution is 5.78. The van der Waals surface area contributed by atoms with Crippen molar-refractivity contribution in [3.63, 3.8) is 0 Å². The number of hydrogen-bond acceptors (Lipinski definition) is 3. The van der Waals surface area contributed by atoms with Crippen LogP contribution in [0.1, 0.15) is 19.8 Å². The van der Waals surface area contributed by atoms with E-state index >= 15 is 0 Å². The zero-order valence-electron chi connectivity index (χ0n) is 8.08. The maximum Gasteiger partial charge on any atom is 0.224 e. The lowest BCUT2D eigenvalue weighted by Crippen LogP contribution is -2.44. The van der Waals surface area contributed by atoms with Crippen LogP contribution in [0.15, 0.2) is 0 Å². The Hall–Kier alpha value is -0.610. The van der Waals surface area contributed by atoms with Gasteiger partial charge in [-0.25, -0.2) is 0 Å². The van der Waals surface area contributed by atoms with E-state index in [2.05, 4.69) is 5.32 Å². The number of carbonyl (C=O) groups is 1. The van der Waals surface area contributed by atoms with Gasteiger partial charge in [0.1, 0.15) is 0 Å². The van der Waals surface area contributed by atoms with Gasteiger partial charge in [0.2, 0.25) is 5.91 Å². The molecule has 76 valence electrons. The molecular weight excluding hydrogens is 168 g/mol. The molecule has 1 rings (SSSR count). The monoisotopic (exact) mass is 186 g/mol. The lowest BCUT2D eigenvalue weighted by molar-refractivity contribution is -0.125. The molecule has 0 radical (unpaired) electrons. The molecular formula is C9H18N2O2. The Morgan fingerprint density at radius 2 is 2.54 bits per heavy atom. The summed E-state index contributed by atoms with van der Waals surface area (Å²) in [5.74, 6) is -0.0556. The van der Waals surface area contributed by atoms with E-state index in [1.54, 1.807) is 0 Å². The van der Waals surface area contributed by atoms with E-state index in [0.717, 1.165) is 19.4 Å². The molecule has 0 aromatic heterocycles.